The van der Waals surface area contributed by atoms with Gasteiger partial charge >= 0.3 is 0 Å². The molecule has 0 amide bonds. The van der Waals surface area contributed by atoms with Gasteiger partial charge in [0.1, 0.15) is 5.78 Å². The normalized spacial score (nSPS) is 38.7. The summed E-state index contributed by atoms with van der Waals surface area (Å²) < 4.78 is 0. The fourth-order valence-corrected chi connectivity index (χ4v) is 2.89. The van der Waals surface area contributed by atoms with Crippen molar-refractivity contribution in [2.45, 2.75) is 53.1 Å². The van der Waals surface area contributed by atoms with Crippen LogP contribution in [0, 0.1) is 23.7 Å². The van der Waals surface area contributed by atoms with Crippen LogP contribution < -0.4 is 0 Å². The number of hydrogen-bond donors (Lipinski definition) is 1. The van der Waals surface area contributed by atoms with Crippen LogP contribution in [0.3, 0.4) is 0 Å². The Kier molecular flexibility index (Phi) is 4.32. The summed E-state index contributed by atoms with van der Waals surface area (Å²) in [6.45, 7) is 8.01. The molecule has 15 heavy (non-hydrogen) atoms. The minimum Gasteiger partial charge on any atom is -0.393 e. The lowest BCUT2D eigenvalue weighted by atomic mass is 9.68. The molecule has 1 aliphatic carbocycles. The Balaban J connectivity index is 2.68. The molecule has 0 radical (unpaired) electrons. The molecule has 1 aliphatic rings. The molecule has 1 N–H and O–H groups in total. The lowest BCUT2D eigenvalue weighted by molar-refractivity contribution is -0.125. The van der Waals surface area contributed by atoms with E-state index in [4.69, 9.17) is 0 Å². The summed E-state index contributed by atoms with van der Waals surface area (Å²) in [6.07, 6.45) is 2.76. The van der Waals surface area contributed by atoms with E-state index in [0.29, 0.717) is 11.8 Å². The average molecular weight is 212 g/mol. The summed E-state index contributed by atoms with van der Waals surface area (Å²) in [5.41, 5.74) is 0. The molecule has 0 spiro atoms. The molecule has 0 bridgehead atoms. The summed E-state index contributed by atoms with van der Waals surface area (Å²) in [4.78, 5) is 11.4. The molecule has 1 fully saturated rings. The maximum Gasteiger partial charge on any atom is 0.133 e. The maximum absolute atomic E-state index is 11.4. The van der Waals surface area contributed by atoms with Crippen LogP contribution in [0.25, 0.3) is 0 Å². The highest BCUT2D eigenvalue weighted by atomic mass is 16.3. The Morgan fingerprint density at radius 3 is 2.53 bits per heavy atom. The number of aliphatic hydroxyl groups excluding tert-OH is 1. The molecule has 0 unspecified atom stereocenters. The molecule has 0 aromatic rings. The van der Waals surface area contributed by atoms with Crippen molar-refractivity contribution in [3.8, 4) is 0 Å². The molecular formula is C13H24O2. The van der Waals surface area contributed by atoms with Gasteiger partial charge in [0.15, 0.2) is 0 Å². The highest BCUT2D eigenvalue weighted by molar-refractivity contribution is 5.78. The van der Waals surface area contributed by atoms with E-state index in [2.05, 4.69) is 13.8 Å². The SMILES string of the molecule is CC[C@H]1C[C@@H]([C@H](C)C(C)=O)[C@@H](O)C[C@H]1C. The van der Waals surface area contributed by atoms with Crippen molar-refractivity contribution in [2.75, 3.05) is 0 Å². The van der Waals surface area contributed by atoms with Crippen molar-refractivity contribution in [3.05, 3.63) is 0 Å². The van der Waals surface area contributed by atoms with Gasteiger partial charge in [-0.1, -0.05) is 27.2 Å². The van der Waals surface area contributed by atoms with Crippen molar-refractivity contribution in [1.82, 2.24) is 0 Å². The largest absolute Gasteiger partial charge is 0.393 e. The van der Waals surface area contributed by atoms with E-state index in [1.807, 2.05) is 6.92 Å². The zero-order chi connectivity index (χ0) is 11.6. The molecule has 2 heteroatoms. The van der Waals surface area contributed by atoms with Crippen LogP contribution in [0.5, 0.6) is 0 Å². The topological polar surface area (TPSA) is 37.3 Å². The number of hydrogen-bond acceptors (Lipinski definition) is 2. The van der Waals surface area contributed by atoms with Crippen molar-refractivity contribution in [2.24, 2.45) is 23.7 Å². The number of ketones is 1. The van der Waals surface area contributed by atoms with E-state index in [9.17, 15) is 9.90 Å². The molecule has 1 rings (SSSR count). The van der Waals surface area contributed by atoms with E-state index in [0.717, 1.165) is 19.3 Å². The molecule has 88 valence electrons. The van der Waals surface area contributed by atoms with Gasteiger partial charge in [0.25, 0.3) is 0 Å². The standard InChI is InChI=1S/C13H24O2/c1-5-11-7-12(9(3)10(4)14)13(15)6-8(11)2/h8-9,11-13,15H,5-7H2,1-4H3/t8-,9-,11+,12+,13+/m1/s1. The van der Waals surface area contributed by atoms with Crippen molar-refractivity contribution in [3.63, 3.8) is 0 Å². The smallest absolute Gasteiger partial charge is 0.133 e. The summed E-state index contributed by atoms with van der Waals surface area (Å²) in [6, 6.07) is 0. The third-order valence-corrected chi connectivity index (χ3v) is 4.29. The number of rotatable bonds is 3. The first-order valence-electron chi connectivity index (χ1n) is 6.15. The Morgan fingerprint density at radius 1 is 1.47 bits per heavy atom. The summed E-state index contributed by atoms with van der Waals surface area (Å²) in [7, 11) is 0. The molecule has 2 nitrogen and oxygen atoms in total. The minimum atomic E-state index is -0.276. The molecule has 0 heterocycles. The zero-order valence-electron chi connectivity index (χ0n) is 10.4. The Bertz CT molecular complexity index is 225. The second kappa shape index (κ2) is 5.11. The number of Topliss-reactive ketones (excluding diaryl/α,β-unsaturated/α-hetero) is 1. The third kappa shape index (κ3) is 2.81. The third-order valence-electron chi connectivity index (χ3n) is 4.29. The highest BCUT2D eigenvalue weighted by Crippen LogP contribution is 2.39. The average Bonchev–Trinajstić information content (AvgIpc) is 2.17. The van der Waals surface area contributed by atoms with E-state index in [1.54, 1.807) is 6.92 Å². The van der Waals surface area contributed by atoms with E-state index in [1.165, 1.54) is 0 Å². The second-order valence-electron chi connectivity index (χ2n) is 5.25. The first-order valence-corrected chi connectivity index (χ1v) is 6.15. The highest BCUT2D eigenvalue weighted by Gasteiger charge is 2.37. The van der Waals surface area contributed by atoms with Crippen LogP contribution in [0.1, 0.15) is 47.0 Å². The monoisotopic (exact) mass is 212 g/mol. The molecule has 5 atom stereocenters. The van der Waals surface area contributed by atoms with Crippen LogP contribution in [0.4, 0.5) is 0 Å². The van der Waals surface area contributed by atoms with Gasteiger partial charge in [0, 0.05) is 5.92 Å². The van der Waals surface area contributed by atoms with Gasteiger partial charge in [0.05, 0.1) is 6.10 Å². The molecular weight excluding hydrogens is 188 g/mol. The summed E-state index contributed by atoms with van der Waals surface area (Å²) in [5, 5.41) is 10.0. The zero-order valence-corrected chi connectivity index (χ0v) is 10.4. The Hall–Kier alpha value is -0.370. The Labute approximate surface area is 93.1 Å². The van der Waals surface area contributed by atoms with Crippen molar-refractivity contribution >= 4 is 5.78 Å². The van der Waals surface area contributed by atoms with Gasteiger partial charge in [-0.3, -0.25) is 4.79 Å². The number of carbonyl (C=O) groups excluding carboxylic acids is 1. The molecule has 0 saturated heterocycles. The number of aliphatic hydroxyl groups is 1. The van der Waals surface area contributed by atoms with E-state index >= 15 is 0 Å². The predicted molar refractivity (Wildman–Crippen MR) is 61.5 cm³/mol. The lowest BCUT2D eigenvalue weighted by Gasteiger charge is -2.39. The van der Waals surface area contributed by atoms with Crippen LogP contribution in [0.2, 0.25) is 0 Å². The fraction of sp³-hybridized carbons (Fsp3) is 0.923. The van der Waals surface area contributed by atoms with Gasteiger partial charge in [-0.25, -0.2) is 0 Å². The van der Waals surface area contributed by atoms with Crippen LogP contribution >= 0.6 is 0 Å². The van der Waals surface area contributed by atoms with E-state index < -0.39 is 0 Å². The van der Waals surface area contributed by atoms with Gasteiger partial charge in [0.2, 0.25) is 0 Å². The summed E-state index contributed by atoms with van der Waals surface area (Å²) >= 11 is 0. The molecule has 0 aromatic heterocycles. The molecule has 0 aromatic carbocycles. The van der Waals surface area contributed by atoms with Crippen LogP contribution in [-0.2, 0) is 4.79 Å². The molecule has 1 saturated carbocycles. The first-order chi connectivity index (χ1) is 6.97. The number of carbonyl (C=O) groups is 1. The van der Waals surface area contributed by atoms with Crippen molar-refractivity contribution < 1.29 is 9.90 Å². The lowest BCUT2D eigenvalue weighted by Crippen LogP contribution is -2.39. The minimum absolute atomic E-state index is 0.0153. The quantitative estimate of drug-likeness (QED) is 0.781. The van der Waals surface area contributed by atoms with Gasteiger partial charge in [-0.2, -0.15) is 0 Å². The second-order valence-corrected chi connectivity index (χ2v) is 5.25. The van der Waals surface area contributed by atoms with Gasteiger partial charge < -0.3 is 5.11 Å². The first kappa shape index (κ1) is 12.7. The summed E-state index contributed by atoms with van der Waals surface area (Å²) in [5.74, 6) is 1.69. The van der Waals surface area contributed by atoms with E-state index in [-0.39, 0.29) is 23.7 Å². The fourth-order valence-electron chi connectivity index (χ4n) is 2.89. The molecule has 0 aliphatic heterocycles. The predicted octanol–water partition coefficient (Wildman–Crippen LogP) is 2.64. The maximum atomic E-state index is 11.4. The van der Waals surface area contributed by atoms with Gasteiger partial charge in [-0.05, 0) is 37.5 Å². The van der Waals surface area contributed by atoms with Crippen LogP contribution in [-0.4, -0.2) is 17.0 Å². The van der Waals surface area contributed by atoms with Crippen LogP contribution in [0.15, 0.2) is 0 Å². The Morgan fingerprint density at radius 2 is 2.07 bits per heavy atom. The van der Waals surface area contributed by atoms with Crippen molar-refractivity contribution in [1.29, 1.82) is 0 Å². The van der Waals surface area contributed by atoms with Gasteiger partial charge in [-0.15, -0.1) is 0 Å².